The highest BCUT2D eigenvalue weighted by Crippen LogP contribution is 2.35. The molecule has 5 heterocycles. The Labute approximate surface area is 433 Å². The maximum atomic E-state index is 11.0. The largest absolute Gasteiger partial charge is 0.394 e. The molecule has 31 heteroatoms. The van der Waals surface area contributed by atoms with Crippen molar-refractivity contribution in [2.24, 2.45) is 57.3 Å². The molecule has 1 aromatic rings. The smallest absolute Gasteiger partial charge is 0.186 e. The molecule has 2 aliphatic carbocycles. The zero-order valence-corrected chi connectivity index (χ0v) is 41.9. The molecule has 28 atom stereocenters. The van der Waals surface area contributed by atoms with Gasteiger partial charge in [0.1, 0.15) is 73.2 Å². The number of aryl methyl sites for hydroxylation is 1. The van der Waals surface area contributed by atoms with Crippen molar-refractivity contribution in [3.05, 3.63) is 11.9 Å². The minimum Gasteiger partial charge on any atom is -0.394 e. The molecular weight excluding hydrogens is 999 g/mol. The summed E-state index contributed by atoms with van der Waals surface area (Å²) in [7, 11) is 0. The van der Waals surface area contributed by atoms with Crippen LogP contribution >= 0.6 is 0 Å². The van der Waals surface area contributed by atoms with Gasteiger partial charge in [0.05, 0.1) is 80.6 Å². The van der Waals surface area contributed by atoms with Crippen molar-refractivity contribution in [2.45, 2.75) is 223 Å². The second-order valence-corrected chi connectivity index (χ2v) is 20.7. The molecular formula is C44H85N13O18. The van der Waals surface area contributed by atoms with Crippen LogP contribution in [0.4, 0.5) is 0 Å². The fourth-order valence-corrected chi connectivity index (χ4v) is 10.7. The maximum Gasteiger partial charge on any atom is 0.186 e. The Kier molecular flexibility index (Phi) is 22.2. The van der Waals surface area contributed by atoms with E-state index in [1.807, 2.05) is 0 Å². The third-order valence-electron chi connectivity index (χ3n) is 15.1. The van der Waals surface area contributed by atoms with Gasteiger partial charge in [-0.1, -0.05) is 5.21 Å². The molecule has 6 fully saturated rings. The van der Waals surface area contributed by atoms with E-state index in [9.17, 15) is 40.9 Å². The van der Waals surface area contributed by atoms with Crippen LogP contribution in [0.5, 0.6) is 0 Å². The van der Waals surface area contributed by atoms with Crippen molar-refractivity contribution in [2.75, 3.05) is 39.5 Å². The van der Waals surface area contributed by atoms with Crippen LogP contribution in [0.15, 0.2) is 6.20 Å². The Hall–Kier alpha value is -1.98. The number of unbranched alkanes of at least 4 members (excludes halogenated alkanes) is 1. The molecule has 434 valence electrons. The molecule has 0 spiro atoms. The summed E-state index contributed by atoms with van der Waals surface area (Å²) >= 11 is 0. The molecule has 6 aliphatic rings. The van der Waals surface area contributed by atoms with E-state index < -0.39 is 184 Å². The number of hydrogen-bond acceptors (Lipinski definition) is 30. The average Bonchev–Trinajstić information content (AvgIpc) is 3.83. The number of nitrogens with zero attached hydrogens (tertiary/aromatic N) is 3. The van der Waals surface area contributed by atoms with Crippen molar-refractivity contribution in [1.29, 1.82) is 0 Å². The van der Waals surface area contributed by atoms with Gasteiger partial charge in [-0.3, -0.25) is 0 Å². The van der Waals surface area contributed by atoms with E-state index in [0.717, 1.165) is 0 Å². The summed E-state index contributed by atoms with van der Waals surface area (Å²) in [6, 6.07) is -6.99. The monoisotopic (exact) mass is 1080 g/mol. The first-order chi connectivity index (χ1) is 35.8. The number of aliphatic hydroxyl groups excluding tert-OH is 8. The number of rotatable bonds is 22. The predicted octanol–water partition coefficient (Wildman–Crippen LogP) is -10.9. The first-order valence-electron chi connectivity index (χ1n) is 25.9. The lowest BCUT2D eigenvalue weighted by Crippen LogP contribution is -2.68. The van der Waals surface area contributed by atoms with Crippen molar-refractivity contribution < 1.29 is 88.2 Å². The Morgan fingerprint density at radius 3 is 1.31 bits per heavy atom. The van der Waals surface area contributed by atoms with E-state index in [4.69, 9.17) is 105 Å². The highest BCUT2D eigenvalue weighted by molar-refractivity contribution is 5.04. The normalized spacial score (nSPS) is 47.0. The summed E-state index contributed by atoms with van der Waals surface area (Å²) in [6.07, 6.45) is -18.6. The third kappa shape index (κ3) is 14.3. The van der Waals surface area contributed by atoms with Gasteiger partial charge in [0.15, 0.2) is 25.2 Å². The minimum atomic E-state index is -1.52. The van der Waals surface area contributed by atoms with E-state index in [1.54, 1.807) is 10.9 Å². The standard InChI is InChI=1S/C44H85N13O18/c45-11-25-23(60)9-21(51)41(68-25)72-35-17(47)7-19(49)37(74-43-33(64)29(53)31(62)27(14-58)70-43)39(35)66-5-2-1-3-16-13-57(56-55-16)4-6-67-40-36(73-42-22(52)10-24(61)26(12-46)69-42)18(48)8-20(50)38(40)75-44-34(65)30(54)32(63)28(15-59)71-44/h13,17-44,58-65H,1-12,14-15,45-54H2/t17-,18?,19+,20+,21?,22?,23-,24-,25?,26?,27?,28+,29-,30+,31+,32?,33?,34+,35?,36+,37-,38?,39?,40-,41+,42+,43+,44?/m0/s1. The van der Waals surface area contributed by atoms with Gasteiger partial charge in [0.2, 0.25) is 0 Å². The fraction of sp³-hybridized carbons (Fsp3) is 0.955. The highest BCUT2D eigenvalue weighted by atomic mass is 16.7. The minimum absolute atomic E-state index is 0.00277. The van der Waals surface area contributed by atoms with Crippen LogP contribution in [-0.4, -0.2) is 267 Å². The molecule has 1 aromatic heterocycles. The molecule has 2 saturated carbocycles. The van der Waals surface area contributed by atoms with Gasteiger partial charge >= 0.3 is 0 Å². The average molecular weight is 1080 g/mol. The van der Waals surface area contributed by atoms with Gasteiger partial charge in [-0.25, -0.2) is 4.68 Å². The third-order valence-corrected chi connectivity index (χ3v) is 15.1. The van der Waals surface area contributed by atoms with Crippen LogP contribution in [-0.2, 0) is 60.3 Å². The molecule has 0 aromatic carbocycles. The van der Waals surface area contributed by atoms with Gasteiger partial charge in [0, 0.05) is 50.1 Å². The molecule has 7 rings (SSSR count). The van der Waals surface area contributed by atoms with Crippen molar-refractivity contribution >= 4 is 0 Å². The summed E-state index contributed by atoms with van der Waals surface area (Å²) in [5, 5.41) is 92.2. The van der Waals surface area contributed by atoms with E-state index in [2.05, 4.69) is 10.3 Å². The maximum absolute atomic E-state index is 11.0. The van der Waals surface area contributed by atoms with Gasteiger partial charge in [-0.05, 0) is 44.9 Å². The van der Waals surface area contributed by atoms with Crippen LogP contribution in [0.25, 0.3) is 0 Å². The van der Waals surface area contributed by atoms with E-state index in [-0.39, 0.29) is 58.5 Å². The second-order valence-electron chi connectivity index (χ2n) is 20.7. The molecule has 12 unspecified atom stereocenters. The highest BCUT2D eigenvalue weighted by Gasteiger charge is 2.53. The number of aromatic nitrogens is 3. The molecule has 31 nitrogen and oxygen atoms in total. The van der Waals surface area contributed by atoms with E-state index >= 15 is 0 Å². The summed E-state index contributed by atoms with van der Waals surface area (Å²) in [6.45, 7) is -0.905. The van der Waals surface area contributed by atoms with Crippen LogP contribution in [0, 0.1) is 0 Å². The van der Waals surface area contributed by atoms with Crippen molar-refractivity contribution in [1.82, 2.24) is 15.0 Å². The fourth-order valence-electron chi connectivity index (χ4n) is 10.7. The molecule has 0 amide bonds. The number of aliphatic hydroxyl groups is 8. The zero-order chi connectivity index (χ0) is 54.4. The zero-order valence-electron chi connectivity index (χ0n) is 41.9. The number of hydrogen-bond donors (Lipinski definition) is 18. The second kappa shape index (κ2) is 27.5. The first kappa shape index (κ1) is 60.7. The van der Waals surface area contributed by atoms with Crippen LogP contribution in [0.2, 0.25) is 0 Å². The van der Waals surface area contributed by atoms with Gasteiger partial charge in [-0.2, -0.15) is 0 Å². The predicted molar refractivity (Wildman–Crippen MR) is 257 cm³/mol. The van der Waals surface area contributed by atoms with E-state index in [1.165, 1.54) is 0 Å². The summed E-state index contributed by atoms with van der Waals surface area (Å²) in [4.78, 5) is 0. The van der Waals surface area contributed by atoms with Gasteiger partial charge in [-0.15, -0.1) is 5.10 Å². The van der Waals surface area contributed by atoms with Crippen LogP contribution in [0.3, 0.4) is 0 Å². The van der Waals surface area contributed by atoms with Crippen LogP contribution in [0.1, 0.15) is 44.2 Å². The SMILES string of the molecule is NCC1O[C@H](O[C@@H]2C(N)C[C@@H](N)C(OC3O[C@H](CO)C(O)[C@@H](N)[C@H]3O)[C@H]2OCCn2cc(CCCCOC3C(O[C@H]4OC(CN)[C@@H](O)CC4N)[C@@H](N)C[C@@H](N)[C@@H]3O[C@H]3OC(CO)[C@@H](O)[C@H](N)C3O)nn2)C(N)C[C@@H]1O. The summed E-state index contributed by atoms with van der Waals surface area (Å²) in [5.41, 5.74) is 63.9. The Balaban J connectivity index is 0.989. The molecule has 0 radical (unpaired) electrons. The first-order valence-corrected chi connectivity index (χ1v) is 25.9. The lowest BCUT2D eigenvalue weighted by Gasteiger charge is -2.49. The Morgan fingerprint density at radius 1 is 0.493 bits per heavy atom. The number of nitrogens with two attached hydrogens (primary N) is 10. The lowest BCUT2D eigenvalue weighted by atomic mass is 9.84. The molecule has 75 heavy (non-hydrogen) atoms. The van der Waals surface area contributed by atoms with Gasteiger partial charge < -0.3 is 146 Å². The Morgan fingerprint density at radius 2 is 0.893 bits per heavy atom. The molecule has 28 N–H and O–H groups in total. The van der Waals surface area contributed by atoms with E-state index in [0.29, 0.717) is 25.0 Å². The summed E-state index contributed by atoms with van der Waals surface area (Å²) in [5.74, 6) is 0. The molecule has 0 bridgehead atoms. The topological polar surface area (TPSA) is 545 Å². The van der Waals surface area contributed by atoms with Crippen molar-refractivity contribution in [3.8, 4) is 0 Å². The Bertz CT molecular complexity index is 1860. The number of ether oxygens (including phenoxy) is 10. The summed E-state index contributed by atoms with van der Waals surface area (Å²) < 4.78 is 63.3. The van der Waals surface area contributed by atoms with Crippen LogP contribution < -0.4 is 57.3 Å². The quantitative estimate of drug-likeness (QED) is 0.0480. The lowest BCUT2D eigenvalue weighted by molar-refractivity contribution is -0.318. The van der Waals surface area contributed by atoms with Gasteiger partial charge in [0.25, 0.3) is 0 Å². The molecule has 4 aliphatic heterocycles. The molecule has 4 saturated heterocycles. The van der Waals surface area contributed by atoms with Crippen molar-refractivity contribution in [3.63, 3.8) is 0 Å².